The fourth-order valence-electron chi connectivity index (χ4n) is 8.14. The number of fused-ring (bicyclic) bond motifs is 1. The summed E-state index contributed by atoms with van der Waals surface area (Å²) in [6, 6.07) is 27.9. The lowest BCUT2D eigenvalue weighted by Gasteiger charge is -2.31. The molecule has 0 radical (unpaired) electrons. The third-order valence-corrected chi connectivity index (χ3v) is 11.6. The van der Waals surface area contributed by atoms with Crippen LogP contribution in [0.5, 0.6) is 0 Å². The van der Waals surface area contributed by atoms with E-state index in [4.69, 9.17) is 19.4 Å². The van der Waals surface area contributed by atoms with Crippen molar-refractivity contribution in [1.29, 1.82) is 0 Å². The molecule has 1 fully saturated rings. The van der Waals surface area contributed by atoms with Gasteiger partial charge in [0, 0.05) is 18.7 Å². The molecule has 14 nitrogen and oxygen atoms in total. The van der Waals surface area contributed by atoms with E-state index in [1.165, 1.54) is 14.2 Å². The van der Waals surface area contributed by atoms with Crippen molar-refractivity contribution >= 4 is 34.8 Å². The topological polar surface area (TPSA) is 175 Å². The van der Waals surface area contributed by atoms with Gasteiger partial charge in [-0.05, 0) is 77.3 Å². The molecule has 0 saturated carbocycles. The van der Waals surface area contributed by atoms with Crippen LogP contribution in [0.3, 0.4) is 0 Å². The summed E-state index contributed by atoms with van der Waals surface area (Å²) in [5, 5.41) is 7.57. The normalized spacial score (nSPS) is 15.2. The van der Waals surface area contributed by atoms with E-state index in [0.29, 0.717) is 24.5 Å². The van der Waals surface area contributed by atoms with Gasteiger partial charge in [0.05, 0.1) is 50.1 Å². The number of aromatic nitrogens is 4. The molecule has 6 aromatic rings. The second-order valence-corrected chi connectivity index (χ2v) is 16.0. The summed E-state index contributed by atoms with van der Waals surface area (Å²) in [6.45, 7) is 8.80. The molecule has 0 spiro atoms. The van der Waals surface area contributed by atoms with Gasteiger partial charge in [-0.2, -0.15) is 0 Å². The predicted molar refractivity (Wildman–Crippen MR) is 238 cm³/mol. The largest absolute Gasteiger partial charge is 0.453 e. The van der Waals surface area contributed by atoms with Crippen molar-refractivity contribution in [3.8, 4) is 33.6 Å². The Morgan fingerprint density at radius 2 is 1.39 bits per heavy atom. The Hall–Kier alpha value is -6.96. The number of ether oxygens (including phenoxy) is 2. The van der Waals surface area contributed by atoms with Crippen molar-refractivity contribution in [2.45, 2.75) is 71.1 Å². The van der Waals surface area contributed by atoms with E-state index in [1.807, 2.05) is 69.1 Å². The van der Waals surface area contributed by atoms with Gasteiger partial charge in [0.25, 0.3) is 5.91 Å². The molecule has 4 N–H and O–H groups in total. The van der Waals surface area contributed by atoms with Crippen LogP contribution in [0.2, 0.25) is 0 Å². The van der Waals surface area contributed by atoms with E-state index in [2.05, 4.69) is 81.3 Å². The first-order chi connectivity index (χ1) is 30.0. The molecule has 4 atom stereocenters. The molecule has 1 aliphatic heterocycles. The molecule has 1 saturated heterocycles. The lowest BCUT2D eigenvalue weighted by Crippen LogP contribution is -2.51. The minimum Gasteiger partial charge on any atom is -0.453 e. The van der Waals surface area contributed by atoms with Crippen LogP contribution in [0.1, 0.15) is 82.3 Å². The maximum atomic E-state index is 14.1. The van der Waals surface area contributed by atoms with Gasteiger partial charge in [0.15, 0.2) is 0 Å². The smallest absolute Gasteiger partial charge is 0.407 e. The number of methoxy groups -OCH3 is 2. The first-order valence-electron chi connectivity index (χ1n) is 21.1. The highest BCUT2D eigenvalue weighted by Gasteiger charge is 2.38. The molecule has 62 heavy (non-hydrogen) atoms. The summed E-state index contributed by atoms with van der Waals surface area (Å²) >= 11 is 0. The Kier molecular flexibility index (Phi) is 13.3. The van der Waals surface area contributed by atoms with E-state index in [0.717, 1.165) is 69.5 Å². The van der Waals surface area contributed by atoms with Crippen LogP contribution >= 0.6 is 0 Å². The number of aromatic amines is 2. The average Bonchev–Trinajstić information content (AvgIpc) is 4.11. The number of nitrogens with zero attached hydrogens (tertiary/aromatic N) is 4. The van der Waals surface area contributed by atoms with E-state index in [1.54, 1.807) is 11.1 Å². The fraction of sp³-hybridized carbons (Fsp3) is 0.333. The van der Waals surface area contributed by atoms with Gasteiger partial charge in [0.1, 0.15) is 23.7 Å². The number of H-pyrrole nitrogens is 2. The molecule has 1 aliphatic rings. The molecule has 2 aromatic heterocycles. The minimum absolute atomic E-state index is 0.109. The number of benzene rings is 4. The summed E-state index contributed by atoms with van der Waals surface area (Å²) in [4.78, 5) is 71.8. The van der Waals surface area contributed by atoms with Crippen LogP contribution in [0.4, 0.5) is 9.59 Å². The molecule has 0 bridgehead atoms. The predicted octanol–water partition coefficient (Wildman–Crippen LogP) is 8.73. The summed E-state index contributed by atoms with van der Waals surface area (Å²) in [7, 11) is 2.57. The number of hydrogen-bond donors (Lipinski definition) is 4. The molecule has 3 heterocycles. The van der Waals surface area contributed by atoms with Gasteiger partial charge in [0.2, 0.25) is 5.91 Å². The van der Waals surface area contributed by atoms with Crippen molar-refractivity contribution in [1.82, 2.24) is 40.4 Å². The monoisotopic (exact) mass is 838 g/mol. The third-order valence-electron chi connectivity index (χ3n) is 11.6. The number of imidazole rings is 2. The Bertz CT molecular complexity index is 2520. The van der Waals surface area contributed by atoms with Gasteiger partial charge in [-0.3, -0.25) is 9.59 Å². The third kappa shape index (κ3) is 9.34. The molecule has 1 unspecified atom stereocenters. The SMILES string of the molecule is CCCN(C(=O)C(NC(=O)OC)c1ccccc1)[C@@H](C)c1ncc(-c2ccc3cc(-c4ccc(-c5cnc([C@@H]6CCCN6C(=O)[C@@H](NC(=O)OC)C(C)C)[nH]5)cc4)ccc3c2)[nH]1. The quantitative estimate of drug-likeness (QED) is 0.0843. The number of nitrogens with one attached hydrogen (secondary N) is 4. The van der Waals surface area contributed by atoms with E-state index >= 15 is 0 Å². The van der Waals surface area contributed by atoms with Crippen LogP contribution in [0.15, 0.2) is 103 Å². The lowest BCUT2D eigenvalue weighted by molar-refractivity contribution is -0.136. The molecule has 0 aliphatic carbocycles. The minimum atomic E-state index is -0.920. The Labute approximate surface area is 361 Å². The Balaban J connectivity index is 1.04. The number of alkyl carbamates (subject to hydrolysis) is 2. The van der Waals surface area contributed by atoms with Crippen LogP contribution in [-0.4, -0.2) is 87.1 Å². The molecular formula is C48H54N8O6. The summed E-state index contributed by atoms with van der Waals surface area (Å²) in [5.74, 6) is 0.854. The van der Waals surface area contributed by atoms with Crippen molar-refractivity contribution < 1.29 is 28.7 Å². The Morgan fingerprint density at radius 1 is 0.774 bits per heavy atom. The summed E-state index contributed by atoms with van der Waals surface area (Å²) < 4.78 is 9.62. The lowest BCUT2D eigenvalue weighted by atomic mass is 9.98. The maximum absolute atomic E-state index is 14.1. The molecule has 322 valence electrons. The second kappa shape index (κ2) is 19.2. The number of carbonyl (C=O) groups is 4. The van der Waals surface area contributed by atoms with Gasteiger partial charge in [-0.1, -0.05) is 99.6 Å². The van der Waals surface area contributed by atoms with Crippen molar-refractivity contribution in [2.75, 3.05) is 27.3 Å². The van der Waals surface area contributed by atoms with Crippen molar-refractivity contribution in [3.05, 3.63) is 121 Å². The molecule has 4 aromatic carbocycles. The van der Waals surface area contributed by atoms with Crippen LogP contribution in [-0.2, 0) is 19.1 Å². The van der Waals surface area contributed by atoms with E-state index < -0.39 is 30.3 Å². The molecular weight excluding hydrogens is 785 g/mol. The zero-order valence-electron chi connectivity index (χ0n) is 36.0. The first kappa shape index (κ1) is 43.1. The highest BCUT2D eigenvalue weighted by molar-refractivity contribution is 5.91. The standard InChI is InChI=1S/C48H54N8O6/c1-7-23-55(46(58)42(54-48(60)62-6)33-12-9-8-10-13-33)30(4)43-49-28-39(51-43)37-22-21-35-25-34(19-20-36(35)26-37)31-15-17-32(18-16-31)38-27-50-44(52-38)40-14-11-24-56(40)45(57)41(29(2)3)53-47(59)61-5/h8-10,12-13,15-22,25-30,40-42H,7,11,14,23-24H2,1-6H3,(H,49,51)(H,50,52)(H,53,59)(H,54,60)/t30-,40-,41-,42?/m0/s1. The van der Waals surface area contributed by atoms with Gasteiger partial charge < -0.3 is 39.9 Å². The zero-order chi connectivity index (χ0) is 43.9. The summed E-state index contributed by atoms with van der Waals surface area (Å²) in [5.41, 5.74) is 6.44. The number of likely N-dealkylation sites (tertiary alicyclic amines) is 1. The van der Waals surface area contributed by atoms with Gasteiger partial charge >= 0.3 is 12.2 Å². The number of hydrogen-bond acceptors (Lipinski definition) is 8. The first-order valence-corrected chi connectivity index (χ1v) is 21.1. The second-order valence-electron chi connectivity index (χ2n) is 16.0. The van der Waals surface area contributed by atoms with Crippen LogP contribution < -0.4 is 10.6 Å². The van der Waals surface area contributed by atoms with Gasteiger partial charge in [-0.25, -0.2) is 19.6 Å². The van der Waals surface area contributed by atoms with Gasteiger partial charge in [-0.15, -0.1) is 0 Å². The highest BCUT2D eigenvalue weighted by atomic mass is 16.5. The molecule has 14 heteroatoms. The van der Waals surface area contributed by atoms with Crippen LogP contribution in [0.25, 0.3) is 44.4 Å². The highest BCUT2D eigenvalue weighted by Crippen LogP contribution is 2.34. The van der Waals surface area contributed by atoms with Crippen molar-refractivity contribution in [2.24, 2.45) is 5.92 Å². The molecule has 7 rings (SSSR count). The Morgan fingerprint density at radius 3 is 2.06 bits per heavy atom. The maximum Gasteiger partial charge on any atom is 0.407 e. The van der Waals surface area contributed by atoms with Crippen molar-refractivity contribution in [3.63, 3.8) is 0 Å². The average molecular weight is 839 g/mol. The zero-order valence-corrected chi connectivity index (χ0v) is 36.0. The molecule has 4 amide bonds. The van der Waals surface area contributed by atoms with E-state index in [9.17, 15) is 19.2 Å². The number of amides is 4. The van der Waals surface area contributed by atoms with Crippen LogP contribution in [0, 0.1) is 5.92 Å². The number of carbonyl (C=O) groups excluding carboxylic acids is 4. The van der Waals surface area contributed by atoms with E-state index in [-0.39, 0.29) is 23.8 Å². The fourth-order valence-corrected chi connectivity index (χ4v) is 8.14. The number of rotatable bonds is 14. The summed E-state index contributed by atoms with van der Waals surface area (Å²) in [6.07, 6.45) is 4.63.